The molecule has 5 nitrogen and oxygen atoms in total. The van der Waals surface area contributed by atoms with Crippen LogP contribution in [0, 0.1) is 5.41 Å². The fourth-order valence-corrected chi connectivity index (χ4v) is 5.08. The maximum Gasteiger partial charge on any atom is 0.277 e. The topological polar surface area (TPSA) is 66.9 Å². The number of carbonyl (C=O) groups is 1. The predicted molar refractivity (Wildman–Crippen MR) is 121 cm³/mol. The molecule has 2 N–H and O–H groups in total. The van der Waals surface area contributed by atoms with Crippen LogP contribution in [0.5, 0.6) is 0 Å². The van der Waals surface area contributed by atoms with Crippen molar-refractivity contribution >= 4 is 27.5 Å². The number of ketones is 1. The van der Waals surface area contributed by atoms with Crippen LogP contribution in [0.15, 0.2) is 75.1 Å². The molecule has 1 aliphatic carbocycles. The summed E-state index contributed by atoms with van der Waals surface area (Å²) in [6.45, 7) is 4.22. The summed E-state index contributed by atoms with van der Waals surface area (Å²) in [5.74, 6) is 0.375. The van der Waals surface area contributed by atoms with Crippen LogP contribution in [0.2, 0.25) is 0 Å². The smallest absolute Gasteiger partial charge is 0.277 e. The van der Waals surface area contributed by atoms with Gasteiger partial charge in [-0.15, -0.1) is 0 Å². The highest BCUT2D eigenvalue weighted by Gasteiger charge is 2.42. The van der Waals surface area contributed by atoms with Crippen LogP contribution in [-0.2, 0) is 4.79 Å². The number of aromatic amines is 1. The minimum atomic E-state index is -0.397. The third-order valence-electron chi connectivity index (χ3n) is 5.90. The molecule has 5 rings (SSSR count). The molecule has 0 unspecified atom stereocenters. The van der Waals surface area contributed by atoms with Crippen molar-refractivity contribution in [3.63, 3.8) is 0 Å². The zero-order chi connectivity index (χ0) is 21.0. The van der Waals surface area contributed by atoms with Crippen molar-refractivity contribution in [2.24, 2.45) is 5.41 Å². The Morgan fingerprint density at radius 3 is 2.53 bits per heavy atom. The Morgan fingerprint density at radius 2 is 1.80 bits per heavy atom. The van der Waals surface area contributed by atoms with E-state index in [1.165, 1.54) is 0 Å². The van der Waals surface area contributed by atoms with Crippen molar-refractivity contribution in [2.45, 2.75) is 32.6 Å². The number of hydrogen-bond acceptors (Lipinski definition) is 3. The number of rotatable bonds is 2. The van der Waals surface area contributed by atoms with E-state index < -0.39 is 5.92 Å². The molecule has 0 spiro atoms. The molecule has 0 saturated heterocycles. The minimum Gasteiger partial charge on any atom is -0.343 e. The van der Waals surface area contributed by atoms with E-state index in [4.69, 9.17) is 0 Å². The van der Waals surface area contributed by atoms with Gasteiger partial charge in [0.05, 0.1) is 11.3 Å². The van der Waals surface area contributed by atoms with Crippen molar-refractivity contribution in [1.82, 2.24) is 9.78 Å². The van der Waals surface area contributed by atoms with Crippen LogP contribution in [0.4, 0.5) is 5.82 Å². The summed E-state index contributed by atoms with van der Waals surface area (Å²) >= 11 is 3.54. The molecule has 0 amide bonds. The van der Waals surface area contributed by atoms with Gasteiger partial charge in [-0.2, -0.15) is 0 Å². The van der Waals surface area contributed by atoms with Crippen molar-refractivity contribution in [3.8, 4) is 5.69 Å². The lowest BCUT2D eigenvalue weighted by Crippen LogP contribution is -2.35. The Bertz CT molecular complexity index is 1250. The number of H-pyrrole nitrogens is 1. The number of aromatic nitrogens is 2. The second-order valence-electron chi connectivity index (χ2n) is 8.82. The van der Waals surface area contributed by atoms with Gasteiger partial charge in [0.15, 0.2) is 5.78 Å². The number of para-hydroxylation sites is 1. The maximum absolute atomic E-state index is 13.5. The summed E-state index contributed by atoms with van der Waals surface area (Å²) in [7, 11) is 0. The van der Waals surface area contributed by atoms with E-state index in [2.05, 4.69) is 40.2 Å². The fourth-order valence-electron chi connectivity index (χ4n) is 4.67. The predicted octanol–water partition coefficient (Wildman–Crippen LogP) is 5.13. The molecule has 6 heteroatoms. The SMILES string of the molecule is CC1(C)CC(=O)C2=C(C1)Nc1[nH]n(-c3ccccc3)c(=O)c1[C@@H]2c1cccc(Br)c1. The molecule has 0 radical (unpaired) electrons. The van der Waals surface area contributed by atoms with E-state index in [1.54, 1.807) is 4.68 Å². The van der Waals surface area contributed by atoms with Gasteiger partial charge in [-0.1, -0.05) is 60.1 Å². The summed E-state index contributed by atoms with van der Waals surface area (Å²) in [6.07, 6.45) is 1.24. The highest BCUT2D eigenvalue weighted by Crippen LogP contribution is 2.48. The Labute approximate surface area is 182 Å². The molecular formula is C24H22BrN3O2. The maximum atomic E-state index is 13.5. The number of halogens is 1. The van der Waals surface area contributed by atoms with Crippen LogP contribution in [0.1, 0.15) is 43.7 Å². The van der Waals surface area contributed by atoms with E-state index >= 15 is 0 Å². The van der Waals surface area contributed by atoms with Gasteiger partial charge >= 0.3 is 0 Å². The molecular weight excluding hydrogens is 442 g/mol. The summed E-state index contributed by atoms with van der Waals surface area (Å²) in [5, 5.41) is 6.64. The Hall–Kier alpha value is -2.86. The van der Waals surface area contributed by atoms with E-state index in [9.17, 15) is 9.59 Å². The van der Waals surface area contributed by atoms with Gasteiger partial charge in [0.25, 0.3) is 5.56 Å². The number of Topliss-reactive ketones (excluding diaryl/α,β-unsaturated/α-hetero) is 1. The number of hydrogen-bond donors (Lipinski definition) is 2. The first kappa shape index (κ1) is 19.1. The van der Waals surface area contributed by atoms with Crippen molar-refractivity contribution in [3.05, 3.63) is 91.8 Å². The zero-order valence-corrected chi connectivity index (χ0v) is 18.4. The molecule has 2 aliphatic rings. The first-order valence-corrected chi connectivity index (χ1v) is 10.8. The number of nitrogens with zero attached hydrogens (tertiary/aromatic N) is 1. The highest BCUT2D eigenvalue weighted by molar-refractivity contribution is 9.10. The summed E-state index contributed by atoms with van der Waals surface area (Å²) in [4.78, 5) is 26.8. The average molecular weight is 464 g/mol. The summed E-state index contributed by atoms with van der Waals surface area (Å²) < 4.78 is 2.47. The normalized spacial score (nSPS) is 19.8. The molecule has 1 aliphatic heterocycles. The van der Waals surface area contributed by atoms with Gasteiger partial charge in [-0.25, -0.2) is 4.68 Å². The molecule has 3 aromatic rings. The second kappa shape index (κ2) is 6.84. The summed E-state index contributed by atoms with van der Waals surface area (Å²) in [5.41, 5.74) is 3.65. The lowest BCUT2D eigenvalue weighted by molar-refractivity contribution is -0.118. The fraction of sp³-hybridized carbons (Fsp3) is 0.250. The van der Waals surface area contributed by atoms with Crippen molar-refractivity contribution in [1.29, 1.82) is 0 Å². The van der Waals surface area contributed by atoms with Gasteiger partial charge in [-0.05, 0) is 41.7 Å². The van der Waals surface area contributed by atoms with Gasteiger partial charge in [0.1, 0.15) is 5.82 Å². The van der Waals surface area contributed by atoms with Crippen LogP contribution in [0.3, 0.4) is 0 Å². The Kier molecular flexibility index (Phi) is 4.36. The number of nitrogens with one attached hydrogen (secondary N) is 2. The molecule has 152 valence electrons. The van der Waals surface area contributed by atoms with Crippen LogP contribution in [0.25, 0.3) is 5.69 Å². The monoisotopic (exact) mass is 463 g/mol. The van der Waals surface area contributed by atoms with Crippen molar-refractivity contribution in [2.75, 3.05) is 5.32 Å². The van der Waals surface area contributed by atoms with Crippen LogP contribution >= 0.6 is 15.9 Å². The van der Waals surface area contributed by atoms with Gasteiger partial charge in [0.2, 0.25) is 0 Å². The molecule has 1 atom stereocenters. The molecule has 2 aromatic carbocycles. The molecule has 1 aromatic heterocycles. The Morgan fingerprint density at radius 1 is 1.03 bits per heavy atom. The lowest BCUT2D eigenvalue weighted by atomic mass is 9.69. The lowest BCUT2D eigenvalue weighted by Gasteiger charge is -2.37. The highest BCUT2D eigenvalue weighted by atomic mass is 79.9. The Balaban J connectivity index is 1.76. The van der Waals surface area contributed by atoms with Crippen molar-refractivity contribution < 1.29 is 4.79 Å². The first-order chi connectivity index (χ1) is 14.3. The van der Waals surface area contributed by atoms with E-state index in [0.29, 0.717) is 17.8 Å². The summed E-state index contributed by atoms with van der Waals surface area (Å²) in [6, 6.07) is 17.4. The molecule has 2 heterocycles. The number of carbonyl (C=O) groups excluding carboxylic acids is 1. The van der Waals surface area contributed by atoms with E-state index in [-0.39, 0.29) is 16.8 Å². The standard InChI is InChI=1S/C24H22BrN3O2/c1-24(2)12-17-20(18(29)13-24)19(14-7-6-8-15(25)11-14)21-22(26-17)27-28(23(21)30)16-9-4-3-5-10-16/h3-11,19,26-27H,12-13H2,1-2H3/t19-/m1/s1. The van der Waals surface area contributed by atoms with E-state index in [1.807, 2.05) is 54.6 Å². The third kappa shape index (κ3) is 3.06. The van der Waals surface area contributed by atoms with Gasteiger partial charge in [0, 0.05) is 28.1 Å². The number of benzene rings is 2. The van der Waals surface area contributed by atoms with Crippen LogP contribution in [-0.4, -0.2) is 15.6 Å². The van der Waals surface area contributed by atoms with Gasteiger partial charge < -0.3 is 5.32 Å². The average Bonchev–Trinajstić information content (AvgIpc) is 3.02. The molecule has 0 saturated carbocycles. The zero-order valence-electron chi connectivity index (χ0n) is 16.8. The number of anilines is 1. The molecule has 0 fully saturated rings. The largest absolute Gasteiger partial charge is 0.343 e. The van der Waals surface area contributed by atoms with Crippen LogP contribution < -0.4 is 10.9 Å². The van der Waals surface area contributed by atoms with E-state index in [0.717, 1.165) is 33.4 Å². The number of allylic oxidation sites excluding steroid dienone is 2. The third-order valence-corrected chi connectivity index (χ3v) is 6.39. The quantitative estimate of drug-likeness (QED) is 0.553. The first-order valence-electron chi connectivity index (χ1n) is 10.0. The molecule has 30 heavy (non-hydrogen) atoms. The molecule has 0 bridgehead atoms. The number of fused-ring (bicyclic) bond motifs is 1. The minimum absolute atomic E-state index is 0.108. The van der Waals surface area contributed by atoms with Gasteiger partial charge in [-0.3, -0.25) is 14.7 Å². The second-order valence-corrected chi connectivity index (χ2v) is 9.74.